The van der Waals surface area contributed by atoms with Gasteiger partial charge in [0.2, 0.25) is 5.91 Å². The first kappa shape index (κ1) is 16.3. The standard InChI is InChI=1S/C20H35NO/c1-6-14-8-9-16-19(15(14)7-2)13(3)12-17-20(16,4)11-10-18(22)21(17)5/h13-17,19H,6-12H2,1-5H3. The minimum Gasteiger partial charge on any atom is -0.342 e. The van der Waals surface area contributed by atoms with Crippen molar-refractivity contribution in [3.63, 3.8) is 0 Å². The van der Waals surface area contributed by atoms with Gasteiger partial charge in [-0.25, -0.2) is 0 Å². The maximum atomic E-state index is 12.2. The third-order valence-corrected chi connectivity index (χ3v) is 8.01. The summed E-state index contributed by atoms with van der Waals surface area (Å²) in [7, 11) is 2.06. The molecular weight excluding hydrogens is 270 g/mol. The molecule has 0 aromatic rings. The van der Waals surface area contributed by atoms with Gasteiger partial charge in [-0.2, -0.15) is 0 Å². The van der Waals surface area contributed by atoms with E-state index in [1.165, 1.54) is 32.1 Å². The SMILES string of the molecule is CCC1CCC2C(C(C)CC3N(C)C(=O)CCC23C)C1CC. The Balaban J connectivity index is 1.94. The van der Waals surface area contributed by atoms with Gasteiger partial charge in [0, 0.05) is 19.5 Å². The van der Waals surface area contributed by atoms with Crippen LogP contribution in [0.4, 0.5) is 0 Å². The molecule has 126 valence electrons. The smallest absolute Gasteiger partial charge is 0.222 e. The van der Waals surface area contributed by atoms with E-state index >= 15 is 0 Å². The molecule has 1 amide bonds. The summed E-state index contributed by atoms with van der Waals surface area (Å²) < 4.78 is 0. The molecule has 2 aliphatic carbocycles. The molecule has 0 N–H and O–H groups in total. The Morgan fingerprint density at radius 2 is 1.95 bits per heavy atom. The maximum absolute atomic E-state index is 12.2. The van der Waals surface area contributed by atoms with E-state index in [9.17, 15) is 4.79 Å². The Hall–Kier alpha value is -0.530. The Labute approximate surface area is 137 Å². The molecule has 0 spiro atoms. The maximum Gasteiger partial charge on any atom is 0.222 e. The number of likely N-dealkylation sites (tertiary alicyclic amines) is 1. The number of piperidine rings is 1. The molecule has 7 unspecified atom stereocenters. The first-order valence-corrected chi connectivity index (χ1v) is 9.69. The number of amides is 1. The molecule has 2 nitrogen and oxygen atoms in total. The molecule has 0 radical (unpaired) electrons. The molecule has 1 aliphatic heterocycles. The summed E-state index contributed by atoms with van der Waals surface area (Å²) in [4.78, 5) is 14.3. The van der Waals surface area contributed by atoms with Crippen LogP contribution in [0.25, 0.3) is 0 Å². The molecule has 1 saturated heterocycles. The molecule has 0 aromatic carbocycles. The largest absolute Gasteiger partial charge is 0.342 e. The zero-order chi connectivity index (χ0) is 16.1. The van der Waals surface area contributed by atoms with Crippen molar-refractivity contribution >= 4 is 5.91 Å². The highest BCUT2D eigenvalue weighted by molar-refractivity contribution is 5.77. The van der Waals surface area contributed by atoms with E-state index in [4.69, 9.17) is 0 Å². The average Bonchev–Trinajstić information content (AvgIpc) is 2.52. The van der Waals surface area contributed by atoms with Gasteiger partial charge in [0.25, 0.3) is 0 Å². The second-order valence-corrected chi connectivity index (χ2v) is 8.74. The zero-order valence-electron chi connectivity index (χ0n) is 15.3. The lowest BCUT2D eigenvalue weighted by atomic mass is 9.46. The molecule has 3 fully saturated rings. The second-order valence-electron chi connectivity index (χ2n) is 8.74. The van der Waals surface area contributed by atoms with Crippen LogP contribution in [-0.2, 0) is 4.79 Å². The summed E-state index contributed by atoms with van der Waals surface area (Å²) in [6.45, 7) is 9.79. The highest BCUT2D eigenvalue weighted by Gasteiger charge is 2.57. The highest BCUT2D eigenvalue weighted by Crippen LogP contribution is 2.60. The molecule has 1 heterocycles. The quantitative estimate of drug-likeness (QED) is 0.722. The van der Waals surface area contributed by atoms with Gasteiger partial charge in [-0.15, -0.1) is 0 Å². The molecule has 0 bridgehead atoms. The average molecular weight is 306 g/mol. The van der Waals surface area contributed by atoms with E-state index in [1.807, 2.05) is 0 Å². The lowest BCUT2D eigenvalue weighted by molar-refractivity contribution is -0.161. The third-order valence-electron chi connectivity index (χ3n) is 8.01. The number of rotatable bonds is 2. The van der Waals surface area contributed by atoms with E-state index in [-0.39, 0.29) is 0 Å². The Morgan fingerprint density at radius 3 is 2.59 bits per heavy atom. The number of nitrogens with zero attached hydrogens (tertiary/aromatic N) is 1. The number of hydrogen-bond acceptors (Lipinski definition) is 1. The molecule has 0 aromatic heterocycles. The Kier molecular flexibility index (Phi) is 4.33. The van der Waals surface area contributed by atoms with E-state index in [2.05, 4.69) is 39.6 Å². The van der Waals surface area contributed by atoms with Crippen LogP contribution in [0.3, 0.4) is 0 Å². The molecule has 3 rings (SSSR count). The second kappa shape index (κ2) is 5.83. The molecule has 2 saturated carbocycles. The summed E-state index contributed by atoms with van der Waals surface area (Å²) in [5, 5.41) is 0. The fourth-order valence-corrected chi connectivity index (χ4v) is 6.82. The lowest BCUT2D eigenvalue weighted by Gasteiger charge is -2.62. The van der Waals surface area contributed by atoms with E-state index in [1.54, 1.807) is 0 Å². The predicted octanol–water partition coefficient (Wildman–Crippen LogP) is 4.73. The Bertz CT molecular complexity index is 433. The van der Waals surface area contributed by atoms with Crippen LogP contribution in [0, 0.1) is 35.0 Å². The van der Waals surface area contributed by atoms with Crippen LogP contribution in [0.5, 0.6) is 0 Å². The van der Waals surface area contributed by atoms with Gasteiger partial charge in [0.05, 0.1) is 0 Å². The highest BCUT2D eigenvalue weighted by atomic mass is 16.2. The fourth-order valence-electron chi connectivity index (χ4n) is 6.82. The van der Waals surface area contributed by atoms with Crippen molar-refractivity contribution in [2.24, 2.45) is 35.0 Å². The van der Waals surface area contributed by atoms with E-state index < -0.39 is 0 Å². The van der Waals surface area contributed by atoms with Crippen LogP contribution in [0.1, 0.15) is 72.6 Å². The van der Waals surface area contributed by atoms with Crippen LogP contribution in [0.15, 0.2) is 0 Å². The topological polar surface area (TPSA) is 20.3 Å². The van der Waals surface area contributed by atoms with Crippen molar-refractivity contribution in [1.82, 2.24) is 4.90 Å². The minimum absolute atomic E-state index is 0.367. The molecule has 2 heteroatoms. The molecule has 3 aliphatic rings. The summed E-state index contributed by atoms with van der Waals surface area (Å²) >= 11 is 0. The van der Waals surface area contributed by atoms with Gasteiger partial charge in [0.1, 0.15) is 0 Å². The van der Waals surface area contributed by atoms with Gasteiger partial charge >= 0.3 is 0 Å². The summed E-state index contributed by atoms with van der Waals surface area (Å²) in [6, 6.07) is 0.487. The van der Waals surface area contributed by atoms with Gasteiger partial charge < -0.3 is 4.90 Å². The van der Waals surface area contributed by atoms with Crippen LogP contribution in [-0.4, -0.2) is 23.9 Å². The first-order valence-electron chi connectivity index (χ1n) is 9.69. The summed E-state index contributed by atoms with van der Waals surface area (Å²) in [6.07, 6.45) is 8.65. The zero-order valence-corrected chi connectivity index (χ0v) is 15.3. The number of carbonyl (C=O) groups excluding carboxylic acids is 1. The normalized spacial score (nSPS) is 48.8. The number of carbonyl (C=O) groups is 1. The first-order chi connectivity index (χ1) is 10.4. The van der Waals surface area contributed by atoms with Gasteiger partial charge in [-0.3, -0.25) is 4.79 Å². The van der Waals surface area contributed by atoms with Crippen LogP contribution in [0.2, 0.25) is 0 Å². The Morgan fingerprint density at radius 1 is 1.23 bits per heavy atom. The molecule has 22 heavy (non-hydrogen) atoms. The van der Waals surface area contributed by atoms with Crippen molar-refractivity contribution in [3.05, 3.63) is 0 Å². The summed E-state index contributed by atoms with van der Waals surface area (Å²) in [5.74, 6) is 4.74. The van der Waals surface area contributed by atoms with Crippen LogP contribution < -0.4 is 0 Å². The van der Waals surface area contributed by atoms with Gasteiger partial charge in [-0.05, 0) is 60.7 Å². The molecular formula is C20H35NO. The van der Waals surface area contributed by atoms with Crippen LogP contribution >= 0.6 is 0 Å². The summed E-state index contributed by atoms with van der Waals surface area (Å²) in [5.41, 5.74) is 0.367. The predicted molar refractivity (Wildman–Crippen MR) is 91.5 cm³/mol. The van der Waals surface area contributed by atoms with E-state index in [0.717, 1.165) is 42.4 Å². The number of fused-ring (bicyclic) bond motifs is 3. The van der Waals surface area contributed by atoms with Crippen molar-refractivity contribution < 1.29 is 4.79 Å². The minimum atomic E-state index is 0.367. The van der Waals surface area contributed by atoms with Gasteiger partial charge in [0.15, 0.2) is 0 Å². The van der Waals surface area contributed by atoms with E-state index in [0.29, 0.717) is 17.4 Å². The lowest BCUT2D eigenvalue weighted by Crippen LogP contribution is -2.62. The fraction of sp³-hybridized carbons (Fsp3) is 0.950. The number of hydrogen-bond donors (Lipinski definition) is 0. The van der Waals surface area contributed by atoms with Crippen molar-refractivity contribution in [1.29, 1.82) is 0 Å². The third kappa shape index (κ3) is 2.24. The monoisotopic (exact) mass is 305 g/mol. The van der Waals surface area contributed by atoms with Gasteiger partial charge in [-0.1, -0.05) is 40.5 Å². The molecule has 7 atom stereocenters. The van der Waals surface area contributed by atoms with Crippen molar-refractivity contribution in [3.8, 4) is 0 Å². The van der Waals surface area contributed by atoms with Crippen molar-refractivity contribution in [2.45, 2.75) is 78.7 Å². The van der Waals surface area contributed by atoms with Crippen molar-refractivity contribution in [2.75, 3.05) is 7.05 Å².